The van der Waals surface area contributed by atoms with E-state index >= 15 is 0 Å². The summed E-state index contributed by atoms with van der Waals surface area (Å²) < 4.78 is 38.1. The lowest BCUT2D eigenvalue weighted by molar-refractivity contribution is 0.300. The number of benzene rings is 2. The summed E-state index contributed by atoms with van der Waals surface area (Å²) in [4.78, 5) is 0.202. The molecule has 0 bridgehead atoms. The molecule has 2 aromatic carbocycles. The third-order valence-electron chi connectivity index (χ3n) is 4.42. The predicted octanol–water partition coefficient (Wildman–Crippen LogP) is 4.45. The van der Waals surface area contributed by atoms with Gasteiger partial charge in [-0.05, 0) is 74.2 Å². The fourth-order valence-electron chi connectivity index (χ4n) is 2.57. The number of aryl methyl sites for hydroxylation is 2. The summed E-state index contributed by atoms with van der Waals surface area (Å²) in [5, 5.41) is 0.663. The Morgan fingerprint density at radius 3 is 2.30 bits per heavy atom. The molecule has 2 aromatic rings. The van der Waals surface area contributed by atoms with Gasteiger partial charge < -0.3 is 9.47 Å². The summed E-state index contributed by atoms with van der Waals surface area (Å²) in [6.07, 6.45) is 1.43. The van der Waals surface area contributed by atoms with E-state index in [1.165, 1.54) is 11.4 Å². The SMILES string of the molecule is COc1cc(C)c(C)cc1S(=O)(=O)N(C)CCCCOc1ccc(Cl)cc1. The molecule has 0 radical (unpaired) electrons. The molecule has 0 amide bonds. The lowest BCUT2D eigenvalue weighted by Gasteiger charge is -2.20. The molecule has 0 saturated carbocycles. The molecule has 0 aliphatic heterocycles. The number of halogens is 1. The summed E-state index contributed by atoms with van der Waals surface area (Å²) in [6, 6.07) is 10.6. The first-order valence-electron chi connectivity index (χ1n) is 8.75. The first-order valence-corrected chi connectivity index (χ1v) is 10.6. The molecule has 0 unspecified atom stereocenters. The Bertz CT molecular complexity index is 866. The Morgan fingerprint density at radius 2 is 1.67 bits per heavy atom. The van der Waals surface area contributed by atoms with Crippen LogP contribution in [0.2, 0.25) is 5.02 Å². The third-order valence-corrected chi connectivity index (χ3v) is 6.55. The molecule has 0 N–H and O–H groups in total. The van der Waals surface area contributed by atoms with Gasteiger partial charge in [-0.25, -0.2) is 12.7 Å². The summed E-state index contributed by atoms with van der Waals surface area (Å²) >= 11 is 5.84. The molecule has 5 nitrogen and oxygen atoms in total. The average molecular weight is 412 g/mol. The number of sulfonamides is 1. The lowest BCUT2D eigenvalue weighted by Crippen LogP contribution is -2.28. The van der Waals surface area contributed by atoms with Crippen molar-refractivity contribution in [3.63, 3.8) is 0 Å². The standard InChI is InChI=1S/C20H26ClNO4S/c1-15-13-19(25-4)20(14-16(15)2)27(23,24)22(3)11-5-6-12-26-18-9-7-17(21)8-10-18/h7-10,13-14H,5-6,11-12H2,1-4H3. The maximum Gasteiger partial charge on any atom is 0.246 e. The van der Waals surface area contributed by atoms with Crippen molar-refractivity contribution >= 4 is 21.6 Å². The van der Waals surface area contributed by atoms with Crippen molar-refractivity contribution < 1.29 is 17.9 Å². The summed E-state index contributed by atoms with van der Waals surface area (Å²) in [7, 11) is -0.542. The van der Waals surface area contributed by atoms with Crippen LogP contribution in [0.4, 0.5) is 0 Å². The predicted molar refractivity (Wildman–Crippen MR) is 108 cm³/mol. The Balaban J connectivity index is 1.92. The molecule has 0 aromatic heterocycles. The minimum atomic E-state index is -3.61. The minimum absolute atomic E-state index is 0.202. The van der Waals surface area contributed by atoms with Crippen LogP contribution in [-0.4, -0.2) is 40.0 Å². The highest BCUT2D eigenvalue weighted by Gasteiger charge is 2.25. The van der Waals surface area contributed by atoms with E-state index in [9.17, 15) is 8.42 Å². The molecule has 27 heavy (non-hydrogen) atoms. The monoisotopic (exact) mass is 411 g/mol. The highest BCUT2D eigenvalue weighted by molar-refractivity contribution is 7.89. The molecular formula is C20H26ClNO4S. The van der Waals surface area contributed by atoms with E-state index in [-0.39, 0.29) is 4.90 Å². The first kappa shape index (κ1) is 21.5. The van der Waals surface area contributed by atoms with Crippen LogP contribution in [-0.2, 0) is 10.0 Å². The molecule has 0 fully saturated rings. The van der Waals surface area contributed by atoms with E-state index in [1.807, 2.05) is 26.0 Å². The van der Waals surface area contributed by atoms with Crippen LogP contribution >= 0.6 is 11.6 Å². The van der Waals surface area contributed by atoms with Gasteiger partial charge in [0, 0.05) is 18.6 Å². The molecule has 7 heteroatoms. The zero-order chi connectivity index (χ0) is 20.0. The Labute approximate surface area is 166 Å². The van der Waals surface area contributed by atoms with E-state index in [0.29, 0.717) is 30.3 Å². The zero-order valence-corrected chi connectivity index (χ0v) is 17.7. The number of hydrogen-bond donors (Lipinski definition) is 0. The van der Waals surface area contributed by atoms with Crippen molar-refractivity contribution in [2.24, 2.45) is 0 Å². The number of ether oxygens (including phenoxy) is 2. The molecule has 0 aliphatic rings. The smallest absolute Gasteiger partial charge is 0.246 e. The van der Waals surface area contributed by atoms with E-state index in [1.54, 1.807) is 31.3 Å². The van der Waals surface area contributed by atoms with Crippen LogP contribution in [0, 0.1) is 13.8 Å². The van der Waals surface area contributed by atoms with E-state index in [4.69, 9.17) is 21.1 Å². The van der Waals surface area contributed by atoms with Crippen molar-refractivity contribution in [2.75, 3.05) is 27.3 Å². The highest BCUT2D eigenvalue weighted by atomic mass is 35.5. The van der Waals surface area contributed by atoms with E-state index in [0.717, 1.165) is 23.3 Å². The average Bonchev–Trinajstić information content (AvgIpc) is 2.64. The van der Waals surface area contributed by atoms with Crippen molar-refractivity contribution in [3.8, 4) is 11.5 Å². The Kier molecular flexibility index (Phi) is 7.53. The normalized spacial score (nSPS) is 11.6. The molecule has 148 valence electrons. The molecule has 2 rings (SSSR count). The third kappa shape index (κ3) is 5.61. The van der Waals surface area contributed by atoms with Gasteiger partial charge in [0.05, 0.1) is 13.7 Å². The summed E-state index contributed by atoms with van der Waals surface area (Å²) in [6.45, 7) is 4.74. The second-order valence-electron chi connectivity index (χ2n) is 6.42. The molecule has 0 atom stereocenters. The fraction of sp³-hybridized carbons (Fsp3) is 0.400. The van der Waals surface area contributed by atoms with E-state index in [2.05, 4.69) is 0 Å². The van der Waals surface area contributed by atoms with Gasteiger partial charge in [0.1, 0.15) is 16.4 Å². The van der Waals surface area contributed by atoms with Gasteiger partial charge in [0.2, 0.25) is 10.0 Å². The van der Waals surface area contributed by atoms with Crippen LogP contribution in [0.15, 0.2) is 41.3 Å². The number of rotatable bonds is 9. The van der Waals surface area contributed by atoms with Crippen molar-refractivity contribution in [3.05, 3.63) is 52.5 Å². The Hall–Kier alpha value is -1.76. The molecule has 0 heterocycles. The summed E-state index contributed by atoms with van der Waals surface area (Å²) in [5.41, 5.74) is 1.91. The molecule has 0 aliphatic carbocycles. The molecule has 0 saturated heterocycles. The second kappa shape index (κ2) is 9.44. The number of nitrogens with zero attached hydrogens (tertiary/aromatic N) is 1. The number of hydrogen-bond acceptors (Lipinski definition) is 4. The van der Waals surface area contributed by atoms with Gasteiger partial charge in [0.15, 0.2) is 0 Å². The molecule has 0 spiro atoms. The zero-order valence-electron chi connectivity index (χ0n) is 16.2. The van der Waals surface area contributed by atoms with Gasteiger partial charge in [-0.2, -0.15) is 0 Å². The van der Waals surface area contributed by atoms with Crippen LogP contribution in [0.5, 0.6) is 11.5 Å². The number of methoxy groups -OCH3 is 1. The van der Waals surface area contributed by atoms with Gasteiger partial charge >= 0.3 is 0 Å². The summed E-state index contributed by atoms with van der Waals surface area (Å²) in [5.74, 6) is 1.12. The van der Waals surface area contributed by atoms with E-state index < -0.39 is 10.0 Å². The van der Waals surface area contributed by atoms with Crippen molar-refractivity contribution in [1.82, 2.24) is 4.31 Å². The highest BCUT2D eigenvalue weighted by Crippen LogP contribution is 2.29. The van der Waals surface area contributed by atoms with Gasteiger partial charge in [-0.15, -0.1) is 0 Å². The Morgan fingerprint density at radius 1 is 1.04 bits per heavy atom. The van der Waals surface area contributed by atoms with Gasteiger partial charge in [0.25, 0.3) is 0 Å². The van der Waals surface area contributed by atoms with Crippen LogP contribution < -0.4 is 9.47 Å². The topological polar surface area (TPSA) is 55.8 Å². The van der Waals surface area contributed by atoms with Crippen LogP contribution in [0.3, 0.4) is 0 Å². The van der Waals surface area contributed by atoms with Crippen LogP contribution in [0.1, 0.15) is 24.0 Å². The fourth-order valence-corrected chi connectivity index (χ4v) is 4.12. The van der Waals surface area contributed by atoms with Crippen molar-refractivity contribution in [2.45, 2.75) is 31.6 Å². The van der Waals surface area contributed by atoms with Gasteiger partial charge in [-0.3, -0.25) is 0 Å². The number of unbranched alkanes of at least 4 members (excludes halogenated alkanes) is 1. The minimum Gasteiger partial charge on any atom is -0.495 e. The lowest BCUT2D eigenvalue weighted by atomic mass is 10.1. The van der Waals surface area contributed by atoms with Gasteiger partial charge in [-0.1, -0.05) is 11.6 Å². The molecular weight excluding hydrogens is 386 g/mol. The quantitative estimate of drug-likeness (QED) is 0.572. The van der Waals surface area contributed by atoms with Crippen LogP contribution in [0.25, 0.3) is 0 Å². The maximum atomic E-state index is 12.9. The maximum absolute atomic E-state index is 12.9. The second-order valence-corrected chi connectivity index (χ2v) is 8.87. The van der Waals surface area contributed by atoms with Crippen molar-refractivity contribution in [1.29, 1.82) is 0 Å². The largest absolute Gasteiger partial charge is 0.495 e. The first-order chi connectivity index (χ1) is 12.8.